The molecule has 1 aliphatic carbocycles. The number of benzene rings is 2. The van der Waals surface area contributed by atoms with Gasteiger partial charge in [-0.2, -0.15) is 0 Å². The van der Waals surface area contributed by atoms with Crippen LogP contribution in [0.1, 0.15) is 89.8 Å². The lowest BCUT2D eigenvalue weighted by Crippen LogP contribution is -1.97. The molecule has 2 aromatic heterocycles. The van der Waals surface area contributed by atoms with Gasteiger partial charge in [-0.1, -0.05) is 127 Å². The summed E-state index contributed by atoms with van der Waals surface area (Å²) in [6.45, 7) is 4.43. The fourth-order valence-electron chi connectivity index (χ4n) is 4.31. The lowest BCUT2D eigenvalue weighted by Gasteiger charge is -2.08. The van der Waals surface area contributed by atoms with Gasteiger partial charge in [0.1, 0.15) is 0 Å². The van der Waals surface area contributed by atoms with Crippen molar-refractivity contribution in [1.29, 1.82) is 0 Å². The summed E-state index contributed by atoms with van der Waals surface area (Å²) in [5.74, 6) is 0.137. The average Bonchev–Trinajstić information content (AvgIpc) is 3.75. The fourth-order valence-corrected chi connectivity index (χ4v) is 6.46. The van der Waals surface area contributed by atoms with Crippen molar-refractivity contribution < 1.29 is 4.79 Å². The van der Waals surface area contributed by atoms with Crippen LogP contribution in [-0.4, -0.2) is 5.78 Å². The van der Waals surface area contributed by atoms with Crippen LogP contribution in [-0.2, 0) is 12.8 Å². The Morgan fingerprint density at radius 2 is 1.07 bits per heavy atom. The van der Waals surface area contributed by atoms with Crippen molar-refractivity contribution >= 4 is 34.0 Å². The van der Waals surface area contributed by atoms with E-state index in [2.05, 4.69) is 86.7 Å². The Hall–Kier alpha value is -3.27. The minimum atomic E-state index is 0. The van der Waals surface area contributed by atoms with Crippen LogP contribution in [0, 0.1) is 0 Å². The van der Waals surface area contributed by atoms with Gasteiger partial charge in [0.15, 0.2) is 0 Å². The number of thiophene rings is 2. The van der Waals surface area contributed by atoms with Gasteiger partial charge in [-0.3, -0.25) is 4.79 Å². The van der Waals surface area contributed by atoms with E-state index in [0.29, 0.717) is 0 Å². The Labute approximate surface area is 250 Å². The van der Waals surface area contributed by atoms with E-state index in [1.165, 1.54) is 63.4 Å². The normalized spacial score (nSPS) is 11.3. The van der Waals surface area contributed by atoms with E-state index in [1.54, 1.807) is 11.3 Å². The summed E-state index contributed by atoms with van der Waals surface area (Å²) in [4.78, 5) is 17.2. The summed E-state index contributed by atoms with van der Waals surface area (Å²) in [5.41, 5.74) is 4.74. The molecule has 0 atom stereocenters. The van der Waals surface area contributed by atoms with Gasteiger partial charge in [-0.05, 0) is 61.1 Å². The van der Waals surface area contributed by atoms with Gasteiger partial charge in [-0.15, -0.1) is 22.7 Å². The first-order valence-electron chi connectivity index (χ1n) is 13.6. The maximum absolute atomic E-state index is 12.1. The van der Waals surface area contributed by atoms with Crippen molar-refractivity contribution in [3.05, 3.63) is 145 Å². The summed E-state index contributed by atoms with van der Waals surface area (Å²) >= 11 is 3.56. The Morgan fingerprint density at radius 1 is 0.600 bits per heavy atom. The third-order valence-corrected chi connectivity index (χ3v) is 8.70. The summed E-state index contributed by atoms with van der Waals surface area (Å²) in [6, 6.07) is 28.8. The van der Waals surface area contributed by atoms with Crippen LogP contribution in [0.5, 0.6) is 0 Å². The Bertz CT molecular complexity index is 1370. The van der Waals surface area contributed by atoms with Crippen LogP contribution < -0.4 is 0 Å². The second-order valence-corrected chi connectivity index (χ2v) is 11.7. The average molecular weight is 569 g/mol. The molecule has 2 heterocycles. The number of hydrogen-bond donors (Lipinski definition) is 0. The van der Waals surface area contributed by atoms with Crippen LogP contribution in [0.3, 0.4) is 0 Å². The highest BCUT2D eigenvalue weighted by atomic mass is 32.1. The molecule has 0 radical (unpaired) electrons. The highest BCUT2D eigenvalue weighted by molar-refractivity contribution is 7.14. The first-order chi connectivity index (χ1) is 18.7. The number of unbranched alkanes of at least 4 members (excludes halogenated alkanes) is 2. The van der Waals surface area contributed by atoms with Crippen molar-refractivity contribution in [3.8, 4) is 0 Å². The second-order valence-electron chi connectivity index (χ2n) is 9.35. The van der Waals surface area contributed by atoms with E-state index in [0.717, 1.165) is 16.9 Å². The zero-order valence-electron chi connectivity index (χ0n) is 22.4. The number of ketones is 1. The molecule has 40 heavy (non-hydrogen) atoms. The first kappa shape index (κ1) is 32.9. The van der Waals surface area contributed by atoms with Crippen LogP contribution >= 0.6 is 22.7 Å². The second kappa shape index (κ2) is 17.4. The van der Waals surface area contributed by atoms with Crippen LogP contribution in [0.25, 0.3) is 5.57 Å². The summed E-state index contributed by atoms with van der Waals surface area (Å²) < 4.78 is 0. The molecule has 0 spiro atoms. The molecule has 0 saturated heterocycles. The van der Waals surface area contributed by atoms with E-state index in [9.17, 15) is 4.79 Å². The van der Waals surface area contributed by atoms with Crippen LogP contribution in [0.15, 0.2) is 115 Å². The summed E-state index contributed by atoms with van der Waals surface area (Å²) in [7, 11) is 0. The molecule has 0 unspecified atom stereocenters. The molecule has 1 nitrogen and oxygen atoms in total. The van der Waals surface area contributed by atoms with E-state index in [1.807, 2.05) is 47.7 Å². The van der Waals surface area contributed by atoms with Crippen molar-refractivity contribution in [2.24, 2.45) is 0 Å². The largest absolute Gasteiger partial charge is 0.288 e. The molecular weight excluding hydrogens is 525 g/mol. The number of carbonyl (C=O) groups excluding carboxylic acids is 1. The Balaban J connectivity index is 0.000000272. The molecule has 4 aromatic rings. The predicted octanol–water partition coefficient (Wildman–Crippen LogP) is 11.6. The molecule has 0 fully saturated rings. The monoisotopic (exact) mass is 568 g/mol. The van der Waals surface area contributed by atoms with Crippen LogP contribution in [0.2, 0.25) is 0 Å². The minimum Gasteiger partial charge on any atom is -0.288 e. The zero-order valence-corrected chi connectivity index (χ0v) is 24.0. The highest BCUT2D eigenvalue weighted by Crippen LogP contribution is 2.34. The zero-order chi connectivity index (χ0) is 26.6. The molecule has 0 aliphatic heterocycles. The van der Waals surface area contributed by atoms with Crippen LogP contribution in [0.4, 0.5) is 0 Å². The van der Waals surface area contributed by atoms with Gasteiger partial charge >= 0.3 is 0 Å². The Morgan fingerprint density at radius 3 is 1.60 bits per heavy atom. The molecule has 2 aromatic carbocycles. The lowest BCUT2D eigenvalue weighted by molar-refractivity contribution is 0.104. The van der Waals surface area contributed by atoms with E-state index >= 15 is 0 Å². The molecule has 0 bridgehead atoms. The SMILES string of the molecule is C.C.CCCCc1ccc(C(=C2C=CC=C2)c2ccccc2)s1.CCCCc1ccc(C(=O)c2ccccc2)s1. The van der Waals surface area contributed by atoms with Crippen molar-refractivity contribution in [3.63, 3.8) is 0 Å². The molecule has 3 heteroatoms. The molecule has 0 amide bonds. The fraction of sp³-hybridized carbons (Fsp3) is 0.270. The number of allylic oxidation sites excluding steroid dienone is 5. The maximum Gasteiger partial charge on any atom is 0.202 e. The highest BCUT2D eigenvalue weighted by Gasteiger charge is 2.13. The predicted molar refractivity (Wildman–Crippen MR) is 180 cm³/mol. The standard InChI is InChI=1S/C20H20S.C15H16OS.2CH4/c1-2-3-13-18-14-15-19(21-18)20(17-11-7-8-12-17)16-9-5-4-6-10-16;1-2-3-9-13-10-11-14(17-13)15(16)12-7-5-4-6-8-12;;/h4-12,14-15H,2-3,13H2,1H3;4-8,10-11H,2-3,9H2,1H3;2*1H4. The van der Waals surface area contributed by atoms with Gasteiger partial charge in [0, 0.05) is 25.8 Å². The molecule has 0 N–H and O–H groups in total. The van der Waals surface area contributed by atoms with Crippen molar-refractivity contribution in [1.82, 2.24) is 0 Å². The molecule has 0 saturated carbocycles. The van der Waals surface area contributed by atoms with E-state index in [-0.39, 0.29) is 20.6 Å². The number of carbonyl (C=O) groups is 1. The quantitative estimate of drug-likeness (QED) is 0.174. The summed E-state index contributed by atoms with van der Waals surface area (Å²) in [5, 5.41) is 0. The molecule has 210 valence electrons. The van der Waals surface area contributed by atoms with E-state index in [4.69, 9.17) is 0 Å². The topological polar surface area (TPSA) is 17.1 Å². The Kier molecular flexibility index (Phi) is 14.4. The van der Waals surface area contributed by atoms with Gasteiger partial charge in [0.05, 0.1) is 4.88 Å². The number of rotatable bonds is 10. The first-order valence-corrected chi connectivity index (χ1v) is 15.2. The third kappa shape index (κ3) is 9.15. The van der Waals surface area contributed by atoms with Gasteiger partial charge < -0.3 is 0 Å². The third-order valence-electron chi connectivity index (χ3n) is 6.40. The smallest absolute Gasteiger partial charge is 0.202 e. The minimum absolute atomic E-state index is 0. The summed E-state index contributed by atoms with van der Waals surface area (Å²) in [6.07, 6.45) is 15.8. The number of aryl methyl sites for hydroxylation is 2. The van der Waals surface area contributed by atoms with Gasteiger partial charge in [0.25, 0.3) is 0 Å². The van der Waals surface area contributed by atoms with E-state index < -0.39 is 0 Å². The maximum atomic E-state index is 12.1. The lowest BCUT2D eigenvalue weighted by atomic mass is 9.99. The molecule has 1 aliphatic rings. The van der Waals surface area contributed by atoms with Gasteiger partial charge in [0.2, 0.25) is 5.78 Å². The molecular formula is C37H44OS2. The van der Waals surface area contributed by atoms with Crippen molar-refractivity contribution in [2.45, 2.75) is 67.2 Å². The number of hydrogen-bond acceptors (Lipinski definition) is 3. The molecule has 5 rings (SSSR count). The van der Waals surface area contributed by atoms with Gasteiger partial charge in [-0.25, -0.2) is 0 Å². The van der Waals surface area contributed by atoms with Crippen molar-refractivity contribution in [2.75, 3.05) is 0 Å².